The maximum atomic E-state index is 12.5. The lowest BCUT2D eigenvalue weighted by Crippen LogP contribution is -2.41. The third-order valence-electron chi connectivity index (χ3n) is 3.68. The largest absolute Gasteiger partial charge is 0.444 e. The molecule has 0 aliphatic carbocycles. The first kappa shape index (κ1) is 21.1. The van der Waals surface area contributed by atoms with Crippen LogP contribution < -0.4 is 15.4 Å². The van der Waals surface area contributed by atoms with Crippen molar-refractivity contribution in [3.05, 3.63) is 65.7 Å². The minimum absolute atomic E-state index is 0.0648. The lowest BCUT2D eigenvalue weighted by atomic mass is 10.1. The van der Waals surface area contributed by atoms with Gasteiger partial charge in [0.2, 0.25) is 16.1 Å². The van der Waals surface area contributed by atoms with Gasteiger partial charge in [0.15, 0.2) is 0 Å². The van der Waals surface area contributed by atoms with Gasteiger partial charge >= 0.3 is 12.0 Å². The molecule has 0 bridgehead atoms. The van der Waals surface area contributed by atoms with E-state index in [1.165, 1.54) is 32.3 Å². The zero-order chi connectivity index (χ0) is 20.7. The number of ether oxygens (including phenoxy) is 1. The molecule has 2 rings (SSSR count). The standard InChI is InChI=1S/C18H19N3O6S/c1-19-18(24)21-16(22)15(12-7-4-3-5-8-12)27-17(23)13-9-6-10-14(11-13)28(25,26)20-2/h3-11,15,20H,1-2H3,(H2,19,21,22,24). The second-order valence-corrected chi connectivity index (χ2v) is 7.39. The van der Waals surface area contributed by atoms with Gasteiger partial charge in [-0.2, -0.15) is 0 Å². The Morgan fingerprint density at radius 3 is 2.25 bits per heavy atom. The number of benzene rings is 2. The molecule has 0 aliphatic heterocycles. The van der Waals surface area contributed by atoms with Crippen LogP contribution >= 0.6 is 0 Å². The highest BCUT2D eigenvalue weighted by atomic mass is 32.2. The molecule has 2 aromatic carbocycles. The van der Waals surface area contributed by atoms with Crippen molar-refractivity contribution in [3.8, 4) is 0 Å². The first-order valence-electron chi connectivity index (χ1n) is 8.10. The summed E-state index contributed by atoms with van der Waals surface area (Å²) in [5.74, 6) is -1.77. The molecule has 148 valence electrons. The van der Waals surface area contributed by atoms with Crippen molar-refractivity contribution < 1.29 is 27.5 Å². The average molecular weight is 405 g/mol. The van der Waals surface area contributed by atoms with Gasteiger partial charge in [0.25, 0.3) is 5.91 Å². The molecule has 10 heteroatoms. The first-order chi connectivity index (χ1) is 13.3. The van der Waals surface area contributed by atoms with Gasteiger partial charge in [-0.3, -0.25) is 10.1 Å². The van der Waals surface area contributed by atoms with Gasteiger partial charge in [0.1, 0.15) is 0 Å². The Kier molecular flexibility index (Phi) is 6.85. The van der Waals surface area contributed by atoms with Crippen LogP contribution in [0.15, 0.2) is 59.5 Å². The minimum atomic E-state index is -3.76. The Labute approximate surface area is 162 Å². The predicted octanol–water partition coefficient (Wildman–Crippen LogP) is 0.948. The molecule has 0 radical (unpaired) electrons. The summed E-state index contributed by atoms with van der Waals surface area (Å²) in [5.41, 5.74) is 0.279. The zero-order valence-corrected chi connectivity index (χ0v) is 15.9. The van der Waals surface area contributed by atoms with E-state index in [1.54, 1.807) is 30.3 Å². The Morgan fingerprint density at radius 2 is 1.64 bits per heavy atom. The molecule has 0 saturated heterocycles. The monoisotopic (exact) mass is 405 g/mol. The molecule has 3 N–H and O–H groups in total. The van der Waals surface area contributed by atoms with Crippen LogP contribution in [0.1, 0.15) is 22.0 Å². The third-order valence-corrected chi connectivity index (χ3v) is 5.09. The fraction of sp³-hybridized carbons (Fsp3) is 0.167. The number of urea groups is 1. The molecule has 1 atom stereocenters. The van der Waals surface area contributed by atoms with E-state index in [4.69, 9.17) is 4.74 Å². The summed E-state index contributed by atoms with van der Waals surface area (Å²) < 4.78 is 31.3. The molecule has 0 saturated carbocycles. The van der Waals surface area contributed by atoms with E-state index in [0.29, 0.717) is 5.56 Å². The van der Waals surface area contributed by atoms with Crippen LogP contribution in [0.25, 0.3) is 0 Å². The molecule has 0 heterocycles. The number of carbonyl (C=O) groups excluding carboxylic acids is 3. The van der Waals surface area contributed by atoms with Crippen molar-refractivity contribution in [2.45, 2.75) is 11.0 Å². The predicted molar refractivity (Wildman–Crippen MR) is 99.9 cm³/mol. The quantitative estimate of drug-likeness (QED) is 0.614. The Hall–Kier alpha value is -3.24. The normalized spacial score (nSPS) is 11.9. The molecular weight excluding hydrogens is 386 g/mol. The highest BCUT2D eigenvalue weighted by molar-refractivity contribution is 7.89. The summed E-state index contributed by atoms with van der Waals surface area (Å²) in [4.78, 5) is 36.3. The highest BCUT2D eigenvalue weighted by Crippen LogP contribution is 2.21. The van der Waals surface area contributed by atoms with E-state index in [0.717, 1.165) is 6.07 Å². The van der Waals surface area contributed by atoms with E-state index in [-0.39, 0.29) is 10.5 Å². The van der Waals surface area contributed by atoms with Gasteiger partial charge in [-0.15, -0.1) is 0 Å². The zero-order valence-electron chi connectivity index (χ0n) is 15.1. The van der Waals surface area contributed by atoms with Crippen molar-refractivity contribution >= 4 is 27.9 Å². The molecule has 1 unspecified atom stereocenters. The number of hydrogen-bond acceptors (Lipinski definition) is 6. The molecule has 0 aliphatic rings. The maximum absolute atomic E-state index is 12.5. The Morgan fingerprint density at radius 1 is 0.964 bits per heavy atom. The third kappa shape index (κ3) is 5.15. The Balaban J connectivity index is 2.31. The highest BCUT2D eigenvalue weighted by Gasteiger charge is 2.27. The van der Waals surface area contributed by atoms with Crippen LogP contribution in [0.2, 0.25) is 0 Å². The smallest absolute Gasteiger partial charge is 0.339 e. The Bertz CT molecular complexity index is 976. The van der Waals surface area contributed by atoms with Gasteiger partial charge < -0.3 is 10.1 Å². The topological polar surface area (TPSA) is 131 Å². The van der Waals surface area contributed by atoms with E-state index in [2.05, 4.69) is 15.4 Å². The summed E-state index contributed by atoms with van der Waals surface area (Å²) in [6.45, 7) is 0. The first-order valence-corrected chi connectivity index (χ1v) is 9.59. The summed E-state index contributed by atoms with van der Waals surface area (Å²) in [5, 5.41) is 4.29. The van der Waals surface area contributed by atoms with Gasteiger partial charge in [0, 0.05) is 12.6 Å². The van der Waals surface area contributed by atoms with Crippen LogP contribution in [0, 0.1) is 0 Å². The molecule has 0 fully saturated rings. The van der Waals surface area contributed by atoms with E-state index >= 15 is 0 Å². The number of nitrogens with one attached hydrogen (secondary N) is 3. The van der Waals surface area contributed by atoms with E-state index < -0.39 is 34.0 Å². The average Bonchev–Trinajstić information content (AvgIpc) is 2.72. The number of esters is 1. The second kappa shape index (κ2) is 9.11. The van der Waals surface area contributed by atoms with Gasteiger partial charge in [-0.1, -0.05) is 36.4 Å². The van der Waals surface area contributed by atoms with Crippen LogP contribution in [-0.2, 0) is 19.6 Å². The SMILES string of the molecule is CNC(=O)NC(=O)C(OC(=O)c1cccc(S(=O)(=O)NC)c1)c1ccccc1. The fourth-order valence-electron chi connectivity index (χ4n) is 2.22. The number of carbonyl (C=O) groups is 3. The fourth-order valence-corrected chi connectivity index (χ4v) is 3.00. The van der Waals surface area contributed by atoms with Crippen molar-refractivity contribution in [1.82, 2.24) is 15.4 Å². The van der Waals surface area contributed by atoms with E-state index in [9.17, 15) is 22.8 Å². The molecule has 0 spiro atoms. The summed E-state index contributed by atoms with van der Waals surface area (Å²) >= 11 is 0. The molecule has 2 aromatic rings. The maximum Gasteiger partial charge on any atom is 0.339 e. The number of sulfonamides is 1. The van der Waals surface area contributed by atoms with Crippen molar-refractivity contribution in [1.29, 1.82) is 0 Å². The van der Waals surface area contributed by atoms with Gasteiger partial charge in [-0.05, 0) is 25.2 Å². The molecule has 0 aromatic heterocycles. The van der Waals surface area contributed by atoms with Crippen LogP contribution in [0.4, 0.5) is 4.79 Å². The number of imide groups is 1. The molecule has 28 heavy (non-hydrogen) atoms. The van der Waals surface area contributed by atoms with Crippen molar-refractivity contribution in [3.63, 3.8) is 0 Å². The lowest BCUT2D eigenvalue weighted by Gasteiger charge is -2.17. The second-order valence-electron chi connectivity index (χ2n) is 5.50. The molecular formula is C18H19N3O6S. The van der Waals surface area contributed by atoms with Crippen molar-refractivity contribution in [2.75, 3.05) is 14.1 Å². The summed E-state index contributed by atoms with van der Waals surface area (Å²) in [6.07, 6.45) is -1.41. The summed E-state index contributed by atoms with van der Waals surface area (Å²) in [6, 6.07) is 12.5. The summed E-state index contributed by atoms with van der Waals surface area (Å²) in [7, 11) is -1.18. The van der Waals surface area contributed by atoms with Gasteiger partial charge in [0.05, 0.1) is 10.5 Å². The van der Waals surface area contributed by atoms with E-state index in [1.807, 2.05) is 0 Å². The number of amides is 3. The van der Waals surface area contributed by atoms with Crippen LogP contribution in [0.3, 0.4) is 0 Å². The van der Waals surface area contributed by atoms with Crippen molar-refractivity contribution in [2.24, 2.45) is 0 Å². The number of hydrogen-bond donors (Lipinski definition) is 3. The molecule has 9 nitrogen and oxygen atoms in total. The van der Waals surface area contributed by atoms with Crippen LogP contribution in [-0.4, -0.2) is 40.4 Å². The lowest BCUT2D eigenvalue weighted by molar-refractivity contribution is -0.129. The molecule has 3 amide bonds. The van der Waals surface area contributed by atoms with Crippen LogP contribution in [0.5, 0.6) is 0 Å². The van der Waals surface area contributed by atoms with Gasteiger partial charge in [-0.25, -0.2) is 22.7 Å². The minimum Gasteiger partial charge on any atom is -0.444 e. The number of rotatable bonds is 6.